The number of methoxy groups -OCH3 is 1. The molecule has 17 nitrogen and oxygen atoms in total. The smallest absolute Gasteiger partial charge is 0.303 e. The average molecular weight is 724 g/mol. The molecule has 1 N–H and O–H groups in total. The molecule has 17 heteroatoms. The lowest BCUT2D eigenvalue weighted by molar-refractivity contribution is -0.288. The number of pyridine rings is 2. The van der Waals surface area contributed by atoms with Crippen LogP contribution < -0.4 is 29.8 Å². The quantitative estimate of drug-likeness (QED) is 0.134. The van der Waals surface area contributed by atoms with Crippen molar-refractivity contribution >= 4 is 56.5 Å². The van der Waals surface area contributed by atoms with Crippen LogP contribution in [0, 0.1) is 0 Å². The number of hydrogen-bond acceptors (Lipinski definition) is 16. The Morgan fingerprint density at radius 1 is 0.827 bits per heavy atom. The molecule has 0 aliphatic carbocycles. The van der Waals surface area contributed by atoms with Crippen molar-refractivity contribution in [3.63, 3.8) is 0 Å². The highest BCUT2D eigenvalue weighted by Crippen LogP contribution is 2.41. The summed E-state index contributed by atoms with van der Waals surface area (Å²) >= 11 is 0. The van der Waals surface area contributed by atoms with Gasteiger partial charge in [-0.2, -0.15) is 0 Å². The van der Waals surface area contributed by atoms with Crippen molar-refractivity contribution in [1.29, 1.82) is 0 Å². The van der Waals surface area contributed by atoms with E-state index in [1.807, 2.05) is 0 Å². The first kappa shape index (κ1) is 36.1. The molecule has 2 aromatic heterocycles. The van der Waals surface area contributed by atoms with Crippen LogP contribution in [-0.2, 0) is 49.4 Å². The van der Waals surface area contributed by atoms with Crippen molar-refractivity contribution in [1.82, 2.24) is 14.9 Å². The zero-order valence-electron chi connectivity index (χ0n) is 29.2. The molecule has 0 unspecified atom stereocenters. The molecule has 1 fully saturated rings. The van der Waals surface area contributed by atoms with Gasteiger partial charge in [-0.1, -0.05) is 0 Å². The minimum atomic E-state index is -1.56. The van der Waals surface area contributed by atoms with E-state index in [9.17, 15) is 24.0 Å². The van der Waals surface area contributed by atoms with Gasteiger partial charge in [0.25, 0.3) is 5.56 Å². The van der Waals surface area contributed by atoms with E-state index >= 15 is 0 Å². The topological polar surface area (TPSA) is 198 Å². The summed E-state index contributed by atoms with van der Waals surface area (Å²) < 4.78 is 52.7. The number of carbonyl (C=O) groups is 4. The van der Waals surface area contributed by atoms with Crippen LogP contribution in [0.5, 0.6) is 23.0 Å². The highest BCUT2D eigenvalue weighted by molar-refractivity contribution is 6.15. The molecular formula is C35H37N3O14. The number of benzene rings is 2. The largest absolute Gasteiger partial charge is 0.493 e. The monoisotopic (exact) mass is 723 g/mol. The van der Waals surface area contributed by atoms with Crippen molar-refractivity contribution in [2.45, 2.75) is 64.9 Å². The predicted molar refractivity (Wildman–Crippen MR) is 180 cm³/mol. The number of hydrogen-bond donors (Lipinski definition) is 1. The molecule has 2 aliphatic rings. The molecule has 1 saturated heterocycles. The van der Waals surface area contributed by atoms with Gasteiger partial charge in [-0.25, -0.2) is 0 Å². The second kappa shape index (κ2) is 14.9. The second-order valence-electron chi connectivity index (χ2n) is 12.0. The molecule has 276 valence electrons. The van der Waals surface area contributed by atoms with E-state index in [0.717, 1.165) is 20.8 Å². The minimum Gasteiger partial charge on any atom is -0.493 e. The zero-order valence-corrected chi connectivity index (χ0v) is 29.2. The Kier molecular flexibility index (Phi) is 10.3. The van der Waals surface area contributed by atoms with Gasteiger partial charge in [-0.3, -0.25) is 29.0 Å². The van der Waals surface area contributed by atoms with Gasteiger partial charge in [-0.05, 0) is 25.2 Å². The molecule has 0 amide bonds. The number of aromatic nitrogens is 2. The molecule has 2 aromatic carbocycles. The molecule has 0 saturated carbocycles. The van der Waals surface area contributed by atoms with Crippen LogP contribution in [0.3, 0.4) is 0 Å². The van der Waals surface area contributed by atoms with E-state index in [1.165, 1.54) is 20.1 Å². The molecule has 2 aliphatic heterocycles. The fourth-order valence-electron chi connectivity index (χ4n) is 6.36. The van der Waals surface area contributed by atoms with E-state index in [2.05, 4.69) is 10.3 Å². The Morgan fingerprint density at radius 3 is 2.13 bits per heavy atom. The first-order chi connectivity index (χ1) is 24.9. The van der Waals surface area contributed by atoms with Crippen LogP contribution in [0.25, 0.3) is 32.6 Å². The minimum absolute atomic E-state index is 0.00960. The van der Waals surface area contributed by atoms with Gasteiger partial charge in [0.2, 0.25) is 19.2 Å². The van der Waals surface area contributed by atoms with Gasteiger partial charge in [0, 0.05) is 69.2 Å². The molecule has 4 heterocycles. The molecule has 5 atom stereocenters. The van der Waals surface area contributed by atoms with Crippen LogP contribution in [0.15, 0.2) is 35.3 Å². The summed E-state index contributed by atoms with van der Waals surface area (Å²) in [4.78, 5) is 67.7. The van der Waals surface area contributed by atoms with Crippen molar-refractivity contribution in [2.75, 3.05) is 34.1 Å². The summed E-state index contributed by atoms with van der Waals surface area (Å²) in [6.07, 6.45) is -5.50. The summed E-state index contributed by atoms with van der Waals surface area (Å²) in [6.45, 7) is 4.89. The number of likely N-dealkylation sites (N-methyl/N-ethyl adjacent to an activating group) is 1. The molecular weight excluding hydrogens is 686 g/mol. The first-order valence-electron chi connectivity index (χ1n) is 16.3. The molecule has 0 spiro atoms. The number of carbonyl (C=O) groups excluding carboxylic acids is 4. The Labute approximate surface area is 295 Å². The lowest BCUT2D eigenvalue weighted by Gasteiger charge is -2.44. The number of nitrogens with zero attached hydrogens (tertiary/aromatic N) is 2. The van der Waals surface area contributed by atoms with Crippen molar-refractivity contribution in [2.24, 2.45) is 0 Å². The van der Waals surface area contributed by atoms with Crippen LogP contribution in [0.4, 0.5) is 0 Å². The average Bonchev–Trinajstić information content (AvgIpc) is 3.55. The third-order valence-corrected chi connectivity index (χ3v) is 8.45. The number of esters is 4. The fourth-order valence-corrected chi connectivity index (χ4v) is 6.36. The number of rotatable bonds is 11. The van der Waals surface area contributed by atoms with Gasteiger partial charge in [-0.15, -0.1) is 0 Å². The van der Waals surface area contributed by atoms with Crippen molar-refractivity contribution < 1.29 is 61.8 Å². The van der Waals surface area contributed by atoms with Gasteiger partial charge in [0.1, 0.15) is 12.7 Å². The first-order valence-corrected chi connectivity index (χ1v) is 16.3. The Hall–Kier alpha value is -5.68. The Bertz CT molecular complexity index is 2130. The van der Waals surface area contributed by atoms with Crippen molar-refractivity contribution in [3.05, 3.63) is 40.8 Å². The maximum Gasteiger partial charge on any atom is 0.303 e. The van der Waals surface area contributed by atoms with Crippen LogP contribution in [-0.4, -0.2) is 98.2 Å². The number of fused-ring (bicyclic) bond motifs is 6. The van der Waals surface area contributed by atoms with E-state index in [4.69, 9.17) is 42.6 Å². The van der Waals surface area contributed by atoms with Crippen LogP contribution in [0.1, 0.15) is 27.7 Å². The van der Waals surface area contributed by atoms with Gasteiger partial charge < -0.3 is 52.5 Å². The third kappa shape index (κ3) is 7.09. The summed E-state index contributed by atoms with van der Waals surface area (Å²) in [5.74, 6) is -1.82. The summed E-state index contributed by atoms with van der Waals surface area (Å²) in [6, 6.07) is 6.64. The summed E-state index contributed by atoms with van der Waals surface area (Å²) in [5, 5.41) is 5.12. The van der Waals surface area contributed by atoms with Crippen molar-refractivity contribution in [3.8, 4) is 23.0 Å². The standard InChI is InChI=1S/C35H37N3O14/c1-16(39)45-14-29-31(48-17(2)40)32(49-18(3)41)33(50-19(4)42)35(52-29)51-28-10-21-20(9-25(28)44-6)23-13-37-24-12-27-26(46-15-47-27)11-22(24)30(23)38(34(21)43)8-7-36-5/h9-13,29,31-33,35-36H,7-8,14-15H2,1-6H3/t29-,31+,32+,33-,35-/m1/s1. The summed E-state index contributed by atoms with van der Waals surface area (Å²) in [5.41, 5.74) is 0.854. The Balaban J connectivity index is 1.51. The normalized spacial score (nSPS) is 20.8. The molecule has 4 aromatic rings. The van der Waals surface area contributed by atoms with Crippen LogP contribution in [0.2, 0.25) is 0 Å². The van der Waals surface area contributed by atoms with Gasteiger partial charge >= 0.3 is 23.9 Å². The maximum absolute atomic E-state index is 14.4. The van der Waals surface area contributed by atoms with Gasteiger partial charge in [0.15, 0.2) is 35.2 Å². The highest BCUT2D eigenvalue weighted by Gasteiger charge is 2.53. The van der Waals surface area contributed by atoms with E-state index in [1.54, 1.807) is 36.0 Å². The zero-order chi connectivity index (χ0) is 37.3. The lowest BCUT2D eigenvalue weighted by atomic mass is 9.98. The van der Waals surface area contributed by atoms with Crippen LogP contribution >= 0.6 is 0 Å². The van der Waals surface area contributed by atoms with Gasteiger partial charge in [0.05, 0.1) is 23.5 Å². The Morgan fingerprint density at radius 2 is 1.48 bits per heavy atom. The lowest BCUT2D eigenvalue weighted by Crippen LogP contribution is -2.63. The second-order valence-corrected chi connectivity index (χ2v) is 12.0. The number of ether oxygens (including phenoxy) is 9. The van der Waals surface area contributed by atoms with E-state index in [-0.39, 0.29) is 35.8 Å². The predicted octanol–water partition coefficient (Wildman–Crippen LogP) is 2.12. The number of nitrogens with one attached hydrogen (secondary N) is 1. The summed E-state index contributed by atoms with van der Waals surface area (Å²) in [7, 11) is 3.17. The maximum atomic E-state index is 14.4. The van der Waals surface area contributed by atoms with E-state index < -0.39 is 61.2 Å². The molecule has 6 rings (SSSR count). The molecule has 0 radical (unpaired) electrons. The third-order valence-electron chi connectivity index (χ3n) is 8.45. The molecule has 52 heavy (non-hydrogen) atoms. The fraction of sp³-hybridized carbons (Fsp3) is 0.429. The highest BCUT2D eigenvalue weighted by atomic mass is 16.7. The molecule has 0 bridgehead atoms. The SMILES string of the molecule is CNCCn1c(=O)c2cc(O[C@@H]3O[C@H](COC(C)=O)[C@H](OC(C)=O)[C@H](OC(C)=O)[C@H]3OC(C)=O)c(OC)cc2c2cnc3cc4c(cc3c21)OCO4. The van der Waals surface area contributed by atoms with E-state index in [0.29, 0.717) is 45.2 Å².